The number of hydrogen-bond acceptors (Lipinski definition) is 3. The Morgan fingerprint density at radius 2 is 1.39 bits per heavy atom. The van der Waals surface area contributed by atoms with Gasteiger partial charge in [-0.05, 0) is 91.9 Å². The highest BCUT2D eigenvalue weighted by Gasteiger charge is 2.22. The number of rotatable bonds is 4. The van der Waals surface area contributed by atoms with Gasteiger partial charge >= 0.3 is 0 Å². The summed E-state index contributed by atoms with van der Waals surface area (Å²) in [7, 11) is 6.83. The summed E-state index contributed by atoms with van der Waals surface area (Å²) in [6.45, 7) is 6.49. The standard InChI is InChI=1S/C15H31N3/c1-16-9-4-14(5-10-16)6-13-18(3)15-7-11-17(2)12-8-15/h14-15H,4-13H2,1-3H3. The van der Waals surface area contributed by atoms with Crippen molar-refractivity contribution >= 4 is 0 Å². The van der Waals surface area contributed by atoms with Gasteiger partial charge in [-0.25, -0.2) is 0 Å². The van der Waals surface area contributed by atoms with Crippen LogP contribution in [0.4, 0.5) is 0 Å². The van der Waals surface area contributed by atoms with Gasteiger partial charge in [0.2, 0.25) is 0 Å². The molecule has 0 unspecified atom stereocenters. The first-order chi connectivity index (χ1) is 8.65. The minimum absolute atomic E-state index is 0.840. The zero-order valence-corrected chi connectivity index (χ0v) is 12.6. The first kappa shape index (κ1) is 14.3. The minimum atomic E-state index is 0.840. The van der Waals surface area contributed by atoms with E-state index in [-0.39, 0.29) is 0 Å². The molecule has 0 atom stereocenters. The van der Waals surface area contributed by atoms with E-state index < -0.39 is 0 Å². The normalized spacial score (nSPS) is 26.0. The number of hydrogen-bond donors (Lipinski definition) is 0. The van der Waals surface area contributed by atoms with Gasteiger partial charge in [-0.3, -0.25) is 0 Å². The van der Waals surface area contributed by atoms with Crippen LogP contribution in [-0.4, -0.2) is 74.6 Å². The first-order valence-electron chi connectivity index (χ1n) is 7.72. The average Bonchev–Trinajstić information content (AvgIpc) is 2.38. The summed E-state index contributed by atoms with van der Waals surface area (Å²) in [5, 5.41) is 0. The van der Waals surface area contributed by atoms with E-state index in [2.05, 4.69) is 35.8 Å². The Hall–Kier alpha value is -0.120. The van der Waals surface area contributed by atoms with Crippen LogP contribution in [0, 0.1) is 5.92 Å². The molecule has 0 aromatic heterocycles. The summed E-state index contributed by atoms with van der Waals surface area (Å²) in [6.07, 6.45) is 6.97. The van der Waals surface area contributed by atoms with Crippen molar-refractivity contribution in [3.63, 3.8) is 0 Å². The van der Waals surface area contributed by atoms with E-state index in [0.29, 0.717) is 0 Å². The fourth-order valence-electron chi connectivity index (χ4n) is 3.36. The van der Waals surface area contributed by atoms with Crippen molar-refractivity contribution in [1.29, 1.82) is 0 Å². The lowest BCUT2D eigenvalue weighted by molar-refractivity contribution is 0.129. The molecular weight excluding hydrogens is 222 g/mol. The summed E-state index contributed by atoms with van der Waals surface area (Å²) in [4.78, 5) is 7.56. The molecule has 0 aromatic carbocycles. The van der Waals surface area contributed by atoms with E-state index >= 15 is 0 Å². The highest BCUT2D eigenvalue weighted by molar-refractivity contribution is 4.78. The van der Waals surface area contributed by atoms with Gasteiger partial charge in [-0.2, -0.15) is 0 Å². The molecule has 2 saturated heterocycles. The van der Waals surface area contributed by atoms with Crippen LogP contribution in [0.5, 0.6) is 0 Å². The molecule has 0 N–H and O–H groups in total. The zero-order valence-electron chi connectivity index (χ0n) is 12.6. The van der Waals surface area contributed by atoms with Crippen LogP contribution in [0.25, 0.3) is 0 Å². The van der Waals surface area contributed by atoms with Crippen LogP contribution < -0.4 is 0 Å². The molecule has 106 valence electrons. The molecule has 2 aliphatic heterocycles. The molecule has 2 rings (SSSR count). The summed E-state index contributed by atoms with van der Waals surface area (Å²) >= 11 is 0. The molecular formula is C15H31N3. The first-order valence-corrected chi connectivity index (χ1v) is 7.72. The highest BCUT2D eigenvalue weighted by atomic mass is 15.2. The highest BCUT2D eigenvalue weighted by Crippen LogP contribution is 2.21. The van der Waals surface area contributed by atoms with Crippen molar-refractivity contribution in [1.82, 2.24) is 14.7 Å². The maximum atomic E-state index is 2.63. The van der Waals surface area contributed by atoms with Gasteiger partial charge in [0.25, 0.3) is 0 Å². The van der Waals surface area contributed by atoms with E-state index in [1.165, 1.54) is 64.8 Å². The maximum Gasteiger partial charge on any atom is 0.0117 e. The second-order valence-electron chi connectivity index (χ2n) is 6.55. The fraction of sp³-hybridized carbons (Fsp3) is 1.00. The van der Waals surface area contributed by atoms with Gasteiger partial charge in [0, 0.05) is 6.04 Å². The van der Waals surface area contributed by atoms with E-state index in [4.69, 9.17) is 0 Å². The number of likely N-dealkylation sites (tertiary alicyclic amines) is 2. The molecule has 0 aromatic rings. The molecule has 2 fully saturated rings. The lowest BCUT2D eigenvalue weighted by Crippen LogP contribution is -2.42. The molecule has 0 spiro atoms. The SMILES string of the molecule is CN1CCC(CCN(C)C2CCN(C)CC2)CC1. The Labute approximate surface area is 113 Å². The Bertz CT molecular complexity index is 228. The molecule has 0 aliphatic carbocycles. The third kappa shape index (κ3) is 4.22. The molecule has 0 saturated carbocycles. The Morgan fingerprint density at radius 3 is 1.94 bits per heavy atom. The molecule has 0 bridgehead atoms. The minimum Gasteiger partial charge on any atom is -0.306 e. The summed E-state index contributed by atoms with van der Waals surface area (Å²) in [5.74, 6) is 0.981. The van der Waals surface area contributed by atoms with Crippen LogP contribution in [0.15, 0.2) is 0 Å². The van der Waals surface area contributed by atoms with Gasteiger partial charge < -0.3 is 14.7 Å². The molecule has 2 heterocycles. The van der Waals surface area contributed by atoms with Crippen molar-refractivity contribution < 1.29 is 0 Å². The number of nitrogens with zero attached hydrogens (tertiary/aromatic N) is 3. The van der Waals surface area contributed by atoms with E-state index in [1.54, 1.807) is 0 Å². The van der Waals surface area contributed by atoms with Crippen molar-refractivity contribution in [3.8, 4) is 0 Å². The van der Waals surface area contributed by atoms with Crippen LogP contribution in [0.1, 0.15) is 32.1 Å². The van der Waals surface area contributed by atoms with Crippen molar-refractivity contribution in [2.24, 2.45) is 5.92 Å². The quantitative estimate of drug-likeness (QED) is 0.756. The largest absolute Gasteiger partial charge is 0.306 e. The molecule has 3 heteroatoms. The van der Waals surface area contributed by atoms with E-state index in [0.717, 1.165) is 12.0 Å². The Morgan fingerprint density at radius 1 is 0.889 bits per heavy atom. The fourth-order valence-corrected chi connectivity index (χ4v) is 3.36. The van der Waals surface area contributed by atoms with Crippen LogP contribution >= 0.6 is 0 Å². The van der Waals surface area contributed by atoms with E-state index in [9.17, 15) is 0 Å². The summed E-state index contributed by atoms with van der Waals surface area (Å²) in [6, 6.07) is 0.840. The Kier molecular flexibility index (Phi) is 5.46. The Balaban J connectivity index is 1.63. The topological polar surface area (TPSA) is 9.72 Å². The summed E-state index contributed by atoms with van der Waals surface area (Å²) in [5.41, 5.74) is 0. The lowest BCUT2D eigenvalue weighted by atomic mass is 9.93. The van der Waals surface area contributed by atoms with Crippen molar-refractivity contribution in [3.05, 3.63) is 0 Å². The van der Waals surface area contributed by atoms with Gasteiger partial charge in [0.15, 0.2) is 0 Å². The third-order valence-electron chi connectivity index (χ3n) is 5.04. The third-order valence-corrected chi connectivity index (χ3v) is 5.04. The predicted molar refractivity (Wildman–Crippen MR) is 78.0 cm³/mol. The van der Waals surface area contributed by atoms with Crippen LogP contribution in [0.3, 0.4) is 0 Å². The second kappa shape index (κ2) is 6.88. The van der Waals surface area contributed by atoms with Gasteiger partial charge in [-0.15, -0.1) is 0 Å². The lowest BCUT2D eigenvalue weighted by Gasteiger charge is -2.36. The zero-order chi connectivity index (χ0) is 13.0. The van der Waals surface area contributed by atoms with Gasteiger partial charge in [-0.1, -0.05) is 0 Å². The molecule has 0 radical (unpaired) electrons. The monoisotopic (exact) mass is 253 g/mol. The maximum absolute atomic E-state index is 2.63. The van der Waals surface area contributed by atoms with Gasteiger partial charge in [0.1, 0.15) is 0 Å². The molecule has 2 aliphatic rings. The van der Waals surface area contributed by atoms with Gasteiger partial charge in [0.05, 0.1) is 0 Å². The smallest absolute Gasteiger partial charge is 0.0117 e. The van der Waals surface area contributed by atoms with Crippen LogP contribution in [0.2, 0.25) is 0 Å². The van der Waals surface area contributed by atoms with E-state index in [1.807, 2.05) is 0 Å². The molecule has 3 nitrogen and oxygen atoms in total. The van der Waals surface area contributed by atoms with Crippen molar-refractivity contribution in [2.45, 2.75) is 38.1 Å². The van der Waals surface area contributed by atoms with Crippen LogP contribution in [-0.2, 0) is 0 Å². The van der Waals surface area contributed by atoms with Crippen molar-refractivity contribution in [2.75, 3.05) is 53.9 Å². The predicted octanol–water partition coefficient (Wildman–Crippen LogP) is 1.74. The second-order valence-corrected chi connectivity index (χ2v) is 6.55. The number of piperidine rings is 2. The average molecular weight is 253 g/mol. The summed E-state index contributed by atoms with van der Waals surface area (Å²) < 4.78 is 0. The molecule has 0 amide bonds. The molecule has 18 heavy (non-hydrogen) atoms.